The number of aliphatic carboxylic acids is 1. The summed E-state index contributed by atoms with van der Waals surface area (Å²) in [6, 6.07) is 0. The summed E-state index contributed by atoms with van der Waals surface area (Å²) in [7, 11) is 1.69. The minimum absolute atomic E-state index is 0.0885. The van der Waals surface area contributed by atoms with E-state index in [-0.39, 0.29) is 6.54 Å². The first-order valence-electron chi connectivity index (χ1n) is 7.56. The molecule has 2 aliphatic rings. The number of hydrogen-bond acceptors (Lipinski definition) is 5. The highest BCUT2D eigenvalue weighted by Crippen LogP contribution is 2.36. The monoisotopic (exact) mass is 290 g/mol. The van der Waals surface area contributed by atoms with Gasteiger partial charge in [0.1, 0.15) is 6.54 Å². The van der Waals surface area contributed by atoms with Crippen molar-refractivity contribution in [2.75, 3.05) is 31.6 Å². The molecule has 2 atom stereocenters. The number of anilines is 1. The minimum Gasteiger partial charge on any atom is -0.480 e. The lowest BCUT2D eigenvalue weighted by atomic mass is 9.98. The number of likely N-dealkylation sites (N-methyl/N-ethyl adjacent to an activating group) is 1. The molecule has 2 heterocycles. The van der Waals surface area contributed by atoms with Crippen molar-refractivity contribution < 1.29 is 9.90 Å². The van der Waals surface area contributed by atoms with E-state index in [0.29, 0.717) is 5.95 Å². The van der Waals surface area contributed by atoms with Gasteiger partial charge in [-0.2, -0.15) is 0 Å². The first-order valence-corrected chi connectivity index (χ1v) is 7.56. The quantitative estimate of drug-likeness (QED) is 0.879. The summed E-state index contributed by atoms with van der Waals surface area (Å²) in [4.78, 5) is 23.3. The van der Waals surface area contributed by atoms with Gasteiger partial charge in [0.2, 0.25) is 5.95 Å². The van der Waals surface area contributed by atoms with Crippen LogP contribution in [0, 0.1) is 11.8 Å². The third-order valence-electron chi connectivity index (χ3n) is 4.49. The number of likely N-dealkylation sites (tertiary alicyclic amines) is 1. The molecule has 1 aliphatic heterocycles. The highest BCUT2D eigenvalue weighted by atomic mass is 16.4. The van der Waals surface area contributed by atoms with E-state index in [2.05, 4.69) is 14.9 Å². The zero-order chi connectivity index (χ0) is 14.8. The van der Waals surface area contributed by atoms with Gasteiger partial charge in [-0.1, -0.05) is 0 Å². The first-order chi connectivity index (χ1) is 10.1. The van der Waals surface area contributed by atoms with Gasteiger partial charge in [0.05, 0.1) is 0 Å². The van der Waals surface area contributed by atoms with Crippen molar-refractivity contribution >= 4 is 11.9 Å². The number of rotatable bonds is 5. The smallest absolute Gasteiger partial charge is 0.323 e. The van der Waals surface area contributed by atoms with Crippen molar-refractivity contribution in [2.45, 2.75) is 25.8 Å². The molecule has 0 spiro atoms. The third kappa shape index (κ3) is 3.50. The number of fused-ring (bicyclic) bond motifs is 2. The van der Waals surface area contributed by atoms with E-state index < -0.39 is 5.97 Å². The van der Waals surface area contributed by atoms with Crippen molar-refractivity contribution in [1.29, 1.82) is 0 Å². The number of carbonyl (C=O) groups is 1. The molecule has 1 aromatic rings. The molecule has 0 unspecified atom stereocenters. The average molecular weight is 290 g/mol. The molecule has 1 saturated heterocycles. The van der Waals surface area contributed by atoms with Gasteiger partial charge in [0.25, 0.3) is 0 Å². The third-order valence-corrected chi connectivity index (χ3v) is 4.49. The van der Waals surface area contributed by atoms with Gasteiger partial charge in [-0.05, 0) is 31.1 Å². The van der Waals surface area contributed by atoms with Gasteiger partial charge in [0.15, 0.2) is 0 Å². The standard InChI is InChI=1S/C15H22N4O2/c1-18(10-14(20)21)15-16-5-13(6-17-15)9-19-7-11-2-3-12(4-11)8-19/h5-6,11-12H,2-4,7-10H2,1H3,(H,20,21)/t11-,12+. The second-order valence-electron chi connectivity index (χ2n) is 6.38. The van der Waals surface area contributed by atoms with Crippen LogP contribution >= 0.6 is 0 Å². The fraction of sp³-hybridized carbons (Fsp3) is 0.667. The van der Waals surface area contributed by atoms with Crippen LogP contribution in [0.5, 0.6) is 0 Å². The summed E-state index contributed by atoms with van der Waals surface area (Å²) >= 11 is 0. The van der Waals surface area contributed by atoms with Crippen LogP contribution in [0.4, 0.5) is 5.95 Å². The fourth-order valence-electron chi connectivity index (χ4n) is 3.60. The molecule has 0 aromatic carbocycles. The van der Waals surface area contributed by atoms with E-state index in [0.717, 1.165) is 23.9 Å². The number of piperidine rings is 1. The largest absolute Gasteiger partial charge is 0.480 e. The van der Waals surface area contributed by atoms with Crippen LogP contribution in [-0.2, 0) is 11.3 Å². The molecular weight excluding hydrogens is 268 g/mol. The topological polar surface area (TPSA) is 69.6 Å². The Bertz CT molecular complexity index is 493. The summed E-state index contributed by atoms with van der Waals surface area (Å²) in [5.41, 5.74) is 1.10. The Hall–Kier alpha value is -1.69. The maximum absolute atomic E-state index is 10.7. The van der Waals surface area contributed by atoms with Gasteiger partial charge in [-0.15, -0.1) is 0 Å². The van der Waals surface area contributed by atoms with Gasteiger partial charge >= 0.3 is 5.97 Å². The molecule has 1 saturated carbocycles. The number of carboxylic acid groups (broad SMARTS) is 1. The Morgan fingerprint density at radius 2 is 1.95 bits per heavy atom. The van der Waals surface area contributed by atoms with Gasteiger partial charge < -0.3 is 10.0 Å². The van der Waals surface area contributed by atoms with Crippen molar-refractivity contribution in [2.24, 2.45) is 11.8 Å². The molecule has 6 heteroatoms. The molecule has 2 fully saturated rings. The van der Waals surface area contributed by atoms with Gasteiger partial charge in [0, 0.05) is 44.6 Å². The maximum atomic E-state index is 10.7. The SMILES string of the molecule is CN(CC(=O)O)c1ncc(CN2C[C@@H]3CC[C@@H](C3)C2)cn1. The van der Waals surface area contributed by atoms with Crippen molar-refractivity contribution in [3.05, 3.63) is 18.0 Å². The summed E-state index contributed by atoms with van der Waals surface area (Å²) in [6.07, 6.45) is 7.81. The van der Waals surface area contributed by atoms with Crippen LogP contribution in [0.15, 0.2) is 12.4 Å². The lowest BCUT2D eigenvalue weighted by Crippen LogP contribution is -2.35. The molecule has 3 rings (SSSR count). The van der Waals surface area contributed by atoms with Crippen LogP contribution in [0.1, 0.15) is 24.8 Å². The molecule has 0 radical (unpaired) electrons. The summed E-state index contributed by atoms with van der Waals surface area (Å²) in [6.45, 7) is 3.19. The van der Waals surface area contributed by atoms with E-state index in [1.807, 2.05) is 12.4 Å². The highest BCUT2D eigenvalue weighted by molar-refractivity contribution is 5.72. The van der Waals surface area contributed by atoms with E-state index in [4.69, 9.17) is 5.11 Å². The van der Waals surface area contributed by atoms with Crippen LogP contribution in [0.2, 0.25) is 0 Å². The van der Waals surface area contributed by atoms with Crippen LogP contribution in [0.3, 0.4) is 0 Å². The predicted octanol–water partition coefficient (Wildman–Crippen LogP) is 1.23. The van der Waals surface area contributed by atoms with Crippen molar-refractivity contribution in [1.82, 2.24) is 14.9 Å². The molecule has 21 heavy (non-hydrogen) atoms. The Morgan fingerprint density at radius 3 is 2.52 bits per heavy atom. The molecule has 6 nitrogen and oxygen atoms in total. The van der Waals surface area contributed by atoms with Crippen molar-refractivity contribution in [3.63, 3.8) is 0 Å². The zero-order valence-electron chi connectivity index (χ0n) is 12.4. The second-order valence-corrected chi connectivity index (χ2v) is 6.38. The van der Waals surface area contributed by atoms with Gasteiger partial charge in [-0.25, -0.2) is 9.97 Å². The zero-order valence-corrected chi connectivity index (χ0v) is 12.4. The molecule has 2 bridgehead atoms. The van der Waals surface area contributed by atoms with Gasteiger partial charge in [-0.3, -0.25) is 9.69 Å². The molecule has 0 amide bonds. The van der Waals surface area contributed by atoms with E-state index in [1.54, 1.807) is 7.05 Å². The minimum atomic E-state index is -0.881. The Labute approximate surface area is 124 Å². The molecule has 1 aromatic heterocycles. The Balaban J connectivity index is 1.58. The summed E-state index contributed by atoms with van der Waals surface area (Å²) in [5.74, 6) is 1.34. The summed E-state index contributed by atoms with van der Waals surface area (Å²) < 4.78 is 0. The summed E-state index contributed by atoms with van der Waals surface area (Å²) in [5, 5.41) is 8.77. The second kappa shape index (κ2) is 5.97. The predicted molar refractivity (Wildman–Crippen MR) is 79.0 cm³/mol. The fourth-order valence-corrected chi connectivity index (χ4v) is 3.60. The number of aromatic nitrogens is 2. The van der Waals surface area contributed by atoms with Crippen LogP contribution < -0.4 is 4.90 Å². The van der Waals surface area contributed by atoms with E-state index in [9.17, 15) is 4.79 Å². The van der Waals surface area contributed by atoms with Crippen molar-refractivity contribution in [3.8, 4) is 0 Å². The van der Waals surface area contributed by atoms with E-state index in [1.165, 1.54) is 37.3 Å². The Morgan fingerprint density at radius 1 is 1.33 bits per heavy atom. The normalized spacial score (nSPS) is 25.0. The lowest BCUT2D eigenvalue weighted by Gasteiger charge is -2.31. The Kier molecular flexibility index (Phi) is 4.05. The molecule has 114 valence electrons. The van der Waals surface area contributed by atoms with Crippen LogP contribution in [-0.4, -0.2) is 52.6 Å². The number of carboxylic acids is 1. The molecule has 1 aliphatic carbocycles. The number of hydrogen-bond donors (Lipinski definition) is 1. The molecule has 1 N–H and O–H groups in total. The van der Waals surface area contributed by atoms with Crippen LogP contribution in [0.25, 0.3) is 0 Å². The number of nitrogens with zero attached hydrogens (tertiary/aromatic N) is 4. The molecular formula is C15H22N4O2. The van der Waals surface area contributed by atoms with E-state index >= 15 is 0 Å². The lowest BCUT2D eigenvalue weighted by molar-refractivity contribution is -0.135. The average Bonchev–Trinajstić information content (AvgIpc) is 2.78. The first kappa shape index (κ1) is 14.3. The maximum Gasteiger partial charge on any atom is 0.323 e. The highest BCUT2D eigenvalue weighted by Gasteiger charge is 2.32.